The SMILES string of the molecule is CC[C@@H](C)[C@]1(C)[C@@H]2C(=O)CC[C@@]2(C)[C@@H](C)[C@H](O)[C@@](C)([C@H]2CO2)C[C@H]1OC(=O)COS(=O)(=O)c1ccc(C)cc1. The summed E-state index contributed by atoms with van der Waals surface area (Å²) in [6.45, 7) is 13.8. The number of epoxide rings is 1. The summed E-state index contributed by atoms with van der Waals surface area (Å²) in [4.78, 5) is 26.8. The van der Waals surface area contributed by atoms with E-state index in [4.69, 9.17) is 13.7 Å². The molecule has 9 atom stereocenters. The number of aliphatic hydroxyl groups is 1. The number of Topliss-reactive ketones (excluding diaryl/α,β-unsaturated/α-hetero) is 1. The van der Waals surface area contributed by atoms with Crippen molar-refractivity contribution in [2.75, 3.05) is 13.2 Å². The zero-order valence-electron chi connectivity index (χ0n) is 24.2. The average molecular weight is 565 g/mol. The highest BCUT2D eigenvalue weighted by Gasteiger charge is 2.66. The van der Waals surface area contributed by atoms with Crippen LogP contribution in [0.15, 0.2) is 29.2 Å². The zero-order chi connectivity index (χ0) is 29.0. The molecule has 39 heavy (non-hydrogen) atoms. The zero-order valence-corrected chi connectivity index (χ0v) is 25.0. The summed E-state index contributed by atoms with van der Waals surface area (Å²) in [7, 11) is -4.17. The number of aliphatic hydroxyl groups excluding tert-OH is 1. The van der Waals surface area contributed by atoms with Crippen molar-refractivity contribution < 1.29 is 36.8 Å². The minimum Gasteiger partial charge on any atom is -0.460 e. The molecule has 1 N–H and O–H groups in total. The molecule has 0 bridgehead atoms. The summed E-state index contributed by atoms with van der Waals surface area (Å²) in [5.41, 5.74) is -1.06. The second kappa shape index (κ2) is 10.5. The number of benzene rings is 1. The van der Waals surface area contributed by atoms with Gasteiger partial charge in [-0.1, -0.05) is 65.7 Å². The van der Waals surface area contributed by atoms with Crippen LogP contribution in [0, 0.1) is 40.9 Å². The Morgan fingerprint density at radius 3 is 2.36 bits per heavy atom. The van der Waals surface area contributed by atoms with E-state index in [0.717, 1.165) is 12.0 Å². The molecule has 3 aliphatic rings. The van der Waals surface area contributed by atoms with Gasteiger partial charge in [-0.05, 0) is 49.1 Å². The third-order valence-electron chi connectivity index (χ3n) is 10.7. The molecule has 0 aromatic heterocycles. The van der Waals surface area contributed by atoms with Crippen LogP contribution in [0.5, 0.6) is 0 Å². The van der Waals surface area contributed by atoms with Crippen molar-refractivity contribution in [3.63, 3.8) is 0 Å². The molecular weight excluding hydrogens is 520 g/mol. The Labute approximate surface area is 232 Å². The summed E-state index contributed by atoms with van der Waals surface area (Å²) < 4.78 is 42.4. The summed E-state index contributed by atoms with van der Waals surface area (Å²) in [6, 6.07) is 6.18. The van der Waals surface area contributed by atoms with Gasteiger partial charge < -0.3 is 14.6 Å². The van der Waals surface area contributed by atoms with Gasteiger partial charge in [-0.2, -0.15) is 8.42 Å². The van der Waals surface area contributed by atoms with Crippen LogP contribution < -0.4 is 0 Å². The lowest BCUT2D eigenvalue weighted by molar-refractivity contribution is -0.198. The Hall–Kier alpha value is -1.81. The lowest BCUT2D eigenvalue weighted by Gasteiger charge is -2.57. The van der Waals surface area contributed by atoms with Crippen molar-refractivity contribution in [2.45, 2.75) is 97.4 Å². The molecule has 4 rings (SSSR count). The largest absolute Gasteiger partial charge is 0.460 e. The maximum absolute atomic E-state index is 13.6. The maximum atomic E-state index is 13.6. The van der Waals surface area contributed by atoms with Gasteiger partial charge in [0.1, 0.15) is 11.9 Å². The average Bonchev–Trinajstić information content (AvgIpc) is 3.70. The number of hydrogen-bond donors (Lipinski definition) is 1. The van der Waals surface area contributed by atoms with E-state index in [-0.39, 0.29) is 28.6 Å². The summed E-state index contributed by atoms with van der Waals surface area (Å²) in [5.74, 6) is -1.29. The Morgan fingerprint density at radius 1 is 1.18 bits per heavy atom. The van der Waals surface area contributed by atoms with Crippen LogP contribution in [-0.4, -0.2) is 56.8 Å². The second-order valence-electron chi connectivity index (χ2n) is 12.9. The molecule has 1 saturated heterocycles. The van der Waals surface area contributed by atoms with Crippen molar-refractivity contribution in [1.29, 1.82) is 0 Å². The fourth-order valence-corrected chi connectivity index (χ4v) is 8.36. The van der Waals surface area contributed by atoms with E-state index in [9.17, 15) is 23.1 Å². The number of carbonyl (C=O) groups excluding carboxylic acids is 2. The highest BCUT2D eigenvalue weighted by atomic mass is 32.2. The molecule has 2 saturated carbocycles. The van der Waals surface area contributed by atoms with Crippen molar-refractivity contribution in [3.8, 4) is 0 Å². The molecule has 0 radical (unpaired) electrons. The Bertz CT molecular complexity index is 1190. The van der Waals surface area contributed by atoms with E-state index < -0.39 is 57.1 Å². The van der Waals surface area contributed by atoms with Crippen LogP contribution in [0.4, 0.5) is 0 Å². The topological polar surface area (TPSA) is 120 Å². The molecule has 0 spiro atoms. The summed E-state index contributed by atoms with van der Waals surface area (Å²) >= 11 is 0. The third-order valence-corrected chi connectivity index (χ3v) is 12.0. The second-order valence-corrected chi connectivity index (χ2v) is 14.5. The molecule has 8 nitrogen and oxygen atoms in total. The highest BCUT2D eigenvalue weighted by Crippen LogP contribution is 2.64. The van der Waals surface area contributed by atoms with Gasteiger partial charge in [-0.25, -0.2) is 4.79 Å². The number of fused-ring (bicyclic) bond motifs is 1. The standard InChI is InChI=1S/C30H44O8S/c1-8-19(3)30(7)23(38-25(32)17-37-39(34,35)21-11-9-18(2)10-12-21)15-29(6,24-16-36-24)27(33)20(4)28(5)14-13-22(31)26(28)30/h9-12,19-20,23-24,26-27,33H,8,13-17H2,1-7H3/t19-,20+,23-,24-,26-,27+,28+,29-,30+/m1/s1. The number of esters is 1. The number of carbonyl (C=O) groups is 2. The van der Waals surface area contributed by atoms with E-state index >= 15 is 0 Å². The fraction of sp³-hybridized carbons (Fsp3) is 0.733. The van der Waals surface area contributed by atoms with Crippen LogP contribution >= 0.6 is 0 Å². The molecule has 0 unspecified atom stereocenters. The van der Waals surface area contributed by atoms with Crippen LogP contribution in [0.1, 0.15) is 72.8 Å². The van der Waals surface area contributed by atoms with Crippen molar-refractivity contribution in [1.82, 2.24) is 0 Å². The first-order chi connectivity index (χ1) is 18.1. The Morgan fingerprint density at radius 2 is 1.79 bits per heavy atom. The quantitative estimate of drug-likeness (QED) is 0.279. The van der Waals surface area contributed by atoms with E-state index in [1.165, 1.54) is 12.1 Å². The molecule has 1 heterocycles. The van der Waals surface area contributed by atoms with E-state index in [1.807, 2.05) is 27.7 Å². The number of ketones is 1. The summed E-state index contributed by atoms with van der Waals surface area (Å²) in [5, 5.41) is 11.7. The first-order valence-corrected chi connectivity index (χ1v) is 15.5. The summed E-state index contributed by atoms with van der Waals surface area (Å²) in [6.07, 6.45) is 0.405. The van der Waals surface area contributed by atoms with Gasteiger partial charge in [-0.15, -0.1) is 0 Å². The van der Waals surface area contributed by atoms with Gasteiger partial charge in [0.05, 0.1) is 23.7 Å². The molecule has 1 aromatic carbocycles. The molecule has 218 valence electrons. The van der Waals surface area contributed by atoms with E-state index in [2.05, 4.69) is 20.8 Å². The number of ether oxygens (including phenoxy) is 2. The molecule has 2 aliphatic carbocycles. The predicted octanol–water partition coefficient (Wildman–Crippen LogP) is 4.46. The molecular formula is C30H44O8S. The highest BCUT2D eigenvalue weighted by molar-refractivity contribution is 7.86. The van der Waals surface area contributed by atoms with Crippen LogP contribution in [0.3, 0.4) is 0 Å². The first-order valence-electron chi connectivity index (χ1n) is 14.1. The number of aryl methyl sites for hydroxylation is 1. The smallest absolute Gasteiger partial charge is 0.333 e. The van der Waals surface area contributed by atoms with Crippen molar-refractivity contribution in [3.05, 3.63) is 29.8 Å². The van der Waals surface area contributed by atoms with Crippen LogP contribution in [0.25, 0.3) is 0 Å². The molecule has 1 aromatic rings. The number of rotatable bonds is 8. The normalized spacial score (nSPS) is 39.4. The van der Waals surface area contributed by atoms with Gasteiger partial charge in [0.15, 0.2) is 6.61 Å². The Balaban J connectivity index is 1.69. The minimum absolute atomic E-state index is 0.00528. The first kappa shape index (κ1) is 30.2. The number of hydrogen-bond acceptors (Lipinski definition) is 8. The minimum atomic E-state index is -4.17. The van der Waals surface area contributed by atoms with Gasteiger partial charge >= 0.3 is 5.97 Å². The Kier molecular flexibility index (Phi) is 8.15. The lowest BCUT2D eigenvalue weighted by Crippen LogP contribution is -2.61. The van der Waals surface area contributed by atoms with Gasteiger partial charge in [-0.3, -0.25) is 8.98 Å². The van der Waals surface area contributed by atoms with Gasteiger partial charge in [0.2, 0.25) is 0 Å². The van der Waals surface area contributed by atoms with Crippen LogP contribution in [-0.2, 0) is 33.4 Å². The van der Waals surface area contributed by atoms with Crippen molar-refractivity contribution >= 4 is 21.9 Å². The van der Waals surface area contributed by atoms with E-state index in [1.54, 1.807) is 12.1 Å². The fourth-order valence-electron chi connectivity index (χ4n) is 7.51. The van der Waals surface area contributed by atoms with Crippen LogP contribution in [0.2, 0.25) is 0 Å². The molecule has 9 heteroatoms. The maximum Gasteiger partial charge on any atom is 0.333 e. The molecule has 0 amide bonds. The molecule has 3 fully saturated rings. The lowest BCUT2D eigenvalue weighted by atomic mass is 9.48. The third kappa shape index (κ3) is 5.20. The monoisotopic (exact) mass is 564 g/mol. The molecule has 1 aliphatic heterocycles. The van der Waals surface area contributed by atoms with E-state index in [0.29, 0.717) is 25.9 Å². The van der Waals surface area contributed by atoms with Gasteiger partial charge in [0, 0.05) is 23.2 Å². The van der Waals surface area contributed by atoms with Crippen molar-refractivity contribution in [2.24, 2.45) is 34.0 Å². The predicted molar refractivity (Wildman–Crippen MR) is 145 cm³/mol. The van der Waals surface area contributed by atoms with Gasteiger partial charge in [0.25, 0.3) is 10.1 Å².